The lowest BCUT2D eigenvalue weighted by Gasteiger charge is -2.21. The fourth-order valence-corrected chi connectivity index (χ4v) is 2.94. The number of nitrogens with zero attached hydrogens (tertiary/aromatic N) is 1. The van der Waals surface area contributed by atoms with Crippen LogP contribution in [0.5, 0.6) is 0 Å². The third-order valence-corrected chi connectivity index (χ3v) is 4.20. The second-order valence-corrected chi connectivity index (χ2v) is 5.85. The van der Waals surface area contributed by atoms with Gasteiger partial charge in [0.2, 0.25) is 0 Å². The Morgan fingerprint density at radius 3 is 2.36 bits per heavy atom. The molecule has 0 saturated carbocycles. The number of hydrogen-bond donors (Lipinski definition) is 0. The maximum Gasteiger partial charge on any atom is 0.471 e. The summed E-state index contributed by atoms with van der Waals surface area (Å²) in [4.78, 5) is 12.4. The maximum absolute atomic E-state index is 12.7. The summed E-state index contributed by atoms with van der Waals surface area (Å²) in [5.41, 5.74) is 3.58. The summed E-state index contributed by atoms with van der Waals surface area (Å²) in [5, 5.41) is 0. The molecule has 0 spiro atoms. The van der Waals surface area contributed by atoms with Gasteiger partial charge in [0.1, 0.15) is 0 Å². The number of rotatable bonds is 0. The quantitative estimate of drug-likeness (QED) is 0.670. The summed E-state index contributed by atoms with van der Waals surface area (Å²) in [6, 6.07) is 15.1. The Hall–Kier alpha value is -2.74. The Kier molecular flexibility index (Phi) is 4.80. The second-order valence-electron chi connectivity index (χ2n) is 5.85. The van der Waals surface area contributed by atoms with Crippen molar-refractivity contribution in [1.29, 1.82) is 0 Å². The molecule has 0 aliphatic carbocycles. The van der Waals surface area contributed by atoms with Gasteiger partial charge in [-0.2, -0.15) is 13.2 Å². The van der Waals surface area contributed by atoms with E-state index in [1.54, 1.807) is 0 Å². The van der Waals surface area contributed by atoms with E-state index in [0.717, 1.165) is 27.2 Å². The average molecular weight is 343 g/mol. The Bertz CT molecular complexity index is 832. The third-order valence-electron chi connectivity index (χ3n) is 4.20. The lowest BCUT2D eigenvalue weighted by Crippen LogP contribution is -2.42. The highest BCUT2D eigenvalue weighted by molar-refractivity contribution is 5.82. The monoisotopic (exact) mass is 343 g/mol. The number of amides is 1. The molecule has 0 aromatic heterocycles. The minimum Gasteiger partial charge on any atom is -0.334 e. The third kappa shape index (κ3) is 4.03. The first kappa shape index (κ1) is 17.1. The van der Waals surface area contributed by atoms with E-state index in [9.17, 15) is 18.0 Å². The van der Waals surface area contributed by atoms with Crippen molar-refractivity contribution < 1.29 is 18.0 Å². The lowest BCUT2D eigenvalue weighted by molar-refractivity contribution is -0.185. The number of hydrogen-bond acceptors (Lipinski definition) is 1. The van der Waals surface area contributed by atoms with Crippen molar-refractivity contribution in [3.05, 3.63) is 70.8 Å². The molecule has 0 fully saturated rings. The molecule has 3 rings (SSSR count). The fraction of sp³-hybridized carbons (Fsp3) is 0.250. The molecule has 0 bridgehead atoms. The van der Waals surface area contributed by atoms with Crippen LogP contribution in [-0.2, 0) is 17.6 Å². The smallest absolute Gasteiger partial charge is 0.334 e. The first-order valence-corrected chi connectivity index (χ1v) is 7.99. The zero-order chi connectivity index (χ0) is 17.9. The number of carbonyl (C=O) groups is 1. The van der Waals surface area contributed by atoms with Gasteiger partial charge in [0.05, 0.1) is 0 Å². The van der Waals surface area contributed by atoms with Gasteiger partial charge in [-0.05, 0) is 42.2 Å². The van der Waals surface area contributed by atoms with Crippen molar-refractivity contribution in [2.75, 3.05) is 13.1 Å². The minimum absolute atomic E-state index is 0.0510. The lowest BCUT2D eigenvalue weighted by atomic mass is 9.97. The van der Waals surface area contributed by atoms with Crippen molar-refractivity contribution in [2.24, 2.45) is 0 Å². The molecule has 1 heterocycles. The largest absolute Gasteiger partial charge is 0.471 e. The van der Waals surface area contributed by atoms with E-state index in [2.05, 4.69) is 11.8 Å². The molecule has 0 unspecified atom stereocenters. The van der Waals surface area contributed by atoms with E-state index in [0.29, 0.717) is 12.8 Å². The molecular weight excluding hydrogens is 327 g/mol. The summed E-state index contributed by atoms with van der Waals surface area (Å²) >= 11 is 0. The Morgan fingerprint density at radius 2 is 1.64 bits per heavy atom. The van der Waals surface area contributed by atoms with Crippen molar-refractivity contribution in [1.82, 2.24) is 4.90 Å². The molecule has 2 aromatic rings. The van der Waals surface area contributed by atoms with Crippen LogP contribution in [0.4, 0.5) is 13.2 Å². The highest BCUT2D eigenvalue weighted by Crippen LogP contribution is 2.24. The Labute approximate surface area is 144 Å². The van der Waals surface area contributed by atoms with Gasteiger partial charge in [-0.15, -0.1) is 0 Å². The molecule has 25 heavy (non-hydrogen) atoms. The fourth-order valence-electron chi connectivity index (χ4n) is 2.94. The normalized spacial score (nSPS) is 14.1. The van der Waals surface area contributed by atoms with E-state index in [1.807, 2.05) is 48.5 Å². The first-order chi connectivity index (χ1) is 11.9. The molecule has 2 aromatic carbocycles. The Balaban J connectivity index is 1.85. The van der Waals surface area contributed by atoms with Crippen molar-refractivity contribution >= 4 is 5.91 Å². The molecule has 5 heteroatoms. The van der Waals surface area contributed by atoms with Crippen LogP contribution in [0.25, 0.3) is 0 Å². The van der Waals surface area contributed by atoms with Gasteiger partial charge >= 0.3 is 12.1 Å². The maximum atomic E-state index is 12.7. The topological polar surface area (TPSA) is 20.3 Å². The van der Waals surface area contributed by atoms with Crippen LogP contribution in [0.2, 0.25) is 0 Å². The van der Waals surface area contributed by atoms with E-state index < -0.39 is 12.1 Å². The summed E-state index contributed by atoms with van der Waals surface area (Å²) in [6.07, 6.45) is -4.05. The molecule has 2 nitrogen and oxygen atoms in total. The standard InChI is InChI=1S/C20H16F3NO/c21-20(22,23)19(25)24-13-11-17-8-4-7-16(18(17)12-14-24)10-9-15-5-2-1-3-6-15/h1-8H,11-14H2. The average Bonchev–Trinajstić information content (AvgIpc) is 2.82. The summed E-state index contributed by atoms with van der Waals surface area (Å²) in [6.45, 7) is 0.121. The van der Waals surface area contributed by atoms with Crippen LogP contribution >= 0.6 is 0 Å². The summed E-state index contributed by atoms with van der Waals surface area (Å²) in [7, 11) is 0. The molecule has 0 saturated heterocycles. The van der Waals surface area contributed by atoms with E-state index in [4.69, 9.17) is 0 Å². The molecule has 0 atom stereocenters. The molecule has 0 radical (unpaired) electrons. The van der Waals surface area contributed by atoms with E-state index in [-0.39, 0.29) is 13.1 Å². The number of fused-ring (bicyclic) bond motifs is 1. The molecule has 1 aliphatic heterocycles. The van der Waals surface area contributed by atoms with Crippen molar-refractivity contribution in [3.63, 3.8) is 0 Å². The molecular formula is C20H16F3NO. The van der Waals surface area contributed by atoms with Crippen molar-refractivity contribution in [3.8, 4) is 11.8 Å². The van der Waals surface area contributed by atoms with Crippen LogP contribution in [0, 0.1) is 11.8 Å². The van der Waals surface area contributed by atoms with Crippen LogP contribution in [-0.4, -0.2) is 30.1 Å². The number of carbonyl (C=O) groups excluding carboxylic acids is 1. The van der Waals surface area contributed by atoms with Gasteiger partial charge < -0.3 is 4.90 Å². The number of alkyl halides is 3. The number of benzene rings is 2. The van der Waals surface area contributed by atoms with Gasteiger partial charge in [0.15, 0.2) is 0 Å². The van der Waals surface area contributed by atoms with Gasteiger partial charge in [-0.25, -0.2) is 0 Å². The highest BCUT2D eigenvalue weighted by Gasteiger charge is 2.42. The van der Waals surface area contributed by atoms with Crippen LogP contribution in [0.3, 0.4) is 0 Å². The van der Waals surface area contributed by atoms with Crippen LogP contribution in [0.1, 0.15) is 22.3 Å². The van der Waals surface area contributed by atoms with Crippen molar-refractivity contribution in [2.45, 2.75) is 19.0 Å². The predicted octanol–water partition coefficient (Wildman–Crippen LogP) is 3.58. The minimum atomic E-state index is -4.83. The zero-order valence-electron chi connectivity index (χ0n) is 13.4. The molecule has 0 N–H and O–H groups in total. The molecule has 1 amide bonds. The van der Waals surface area contributed by atoms with E-state index >= 15 is 0 Å². The highest BCUT2D eigenvalue weighted by atomic mass is 19.4. The van der Waals surface area contributed by atoms with Gasteiger partial charge in [-0.3, -0.25) is 4.79 Å². The number of halogens is 3. The predicted molar refractivity (Wildman–Crippen MR) is 88.9 cm³/mol. The summed E-state index contributed by atoms with van der Waals surface area (Å²) in [5.74, 6) is 4.43. The van der Waals surface area contributed by atoms with Crippen LogP contribution < -0.4 is 0 Å². The van der Waals surface area contributed by atoms with Crippen LogP contribution in [0.15, 0.2) is 48.5 Å². The zero-order valence-corrected chi connectivity index (χ0v) is 13.4. The SMILES string of the molecule is O=C(N1CCc2cccc(C#Cc3ccccc3)c2CC1)C(F)(F)F. The van der Waals surface area contributed by atoms with E-state index in [1.165, 1.54) is 0 Å². The first-order valence-electron chi connectivity index (χ1n) is 7.99. The van der Waals surface area contributed by atoms with Gasteiger partial charge in [0, 0.05) is 24.2 Å². The van der Waals surface area contributed by atoms with Gasteiger partial charge in [-0.1, -0.05) is 42.2 Å². The molecule has 1 aliphatic rings. The summed E-state index contributed by atoms with van der Waals surface area (Å²) < 4.78 is 38.0. The Morgan fingerprint density at radius 1 is 0.920 bits per heavy atom. The second kappa shape index (κ2) is 7.02. The van der Waals surface area contributed by atoms with Gasteiger partial charge in [0.25, 0.3) is 0 Å². The molecule has 128 valence electrons.